The number of halogens is 1. The third kappa shape index (κ3) is 5.87. The fourth-order valence-electron chi connectivity index (χ4n) is 3.98. The summed E-state index contributed by atoms with van der Waals surface area (Å²) in [6, 6.07) is 14.2. The van der Waals surface area contributed by atoms with Gasteiger partial charge in [-0.3, -0.25) is 14.4 Å². The summed E-state index contributed by atoms with van der Waals surface area (Å²) in [6.07, 6.45) is 2.65. The quantitative estimate of drug-likeness (QED) is 0.387. The van der Waals surface area contributed by atoms with Gasteiger partial charge in [0.1, 0.15) is 5.75 Å². The van der Waals surface area contributed by atoms with E-state index in [0.29, 0.717) is 60.0 Å². The van der Waals surface area contributed by atoms with Gasteiger partial charge in [0.2, 0.25) is 0 Å². The van der Waals surface area contributed by atoms with Crippen molar-refractivity contribution in [1.29, 1.82) is 0 Å². The van der Waals surface area contributed by atoms with Crippen molar-refractivity contribution in [2.45, 2.75) is 31.8 Å². The van der Waals surface area contributed by atoms with Gasteiger partial charge in [-0.05, 0) is 68.1 Å². The van der Waals surface area contributed by atoms with E-state index in [9.17, 15) is 14.4 Å². The predicted octanol–water partition coefficient (Wildman–Crippen LogP) is 4.74. The van der Waals surface area contributed by atoms with Crippen molar-refractivity contribution >= 4 is 50.8 Å². The van der Waals surface area contributed by atoms with E-state index < -0.39 is 5.97 Å². The second-order valence-electron chi connectivity index (χ2n) is 8.23. The van der Waals surface area contributed by atoms with Crippen LogP contribution in [0.3, 0.4) is 0 Å². The summed E-state index contributed by atoms with van der Waals surface area (Å²) in [5, 5.41) is 16.2. The Kier molecular flexibility index (Phi) is 7.70. The summed E-state index contributed by atoms with van der Waals surface area (Å²) in [5.74, 6) is -0.801. The highest BCUT2D eigenvalue weighted by Gasteiger charge is 2.26. The van der Waals surface area contributed by atoms with E-state index in [0.717, 1.165) is 10.1 Å². The fourth-order valence-corrected chi connectivity index (χ4v) is 5.27. The van der Waals surface area contributed by atoms with Gasteiger partial charge in [-0.15, -0.1) is 11.3 Å². The minimum absolute atomic E-state index is 0.00384. The van der Waals surface area contributed by atoms with Gasteiger partial charge in [0.25, 0.3) is 11.8 Å². The lowest BCUT2D eigenvalue weighted by molar-refractivity contribution is -0.143. The molecule has 4 rings (SSSR count). The summed E-state index contributed by atoms with van der Waals surface area (Å²) in [5.41, 5.74) is 0.493. The Hall–Kier alpha value is -3.10. The van der Waals surface area contributed by atoms with Crippen LogP contribution >= 0.6 is 22.9 Å². The van der Waals surface area contributed by atoms with E-state index in [-0.39, 0.29) is 23.8 Å². The normalized spacial score (nSPS) is 17.8. The SMILES string of the molecule is O=C(NCCNC(=O)c1cc2c(Cl)cccc2s1)c1ccc(O[C@H]2CC[C@@H](C(=O)O)CC2)cc1. The Labute approximate surface area is 206 Å². The van der Waals surface area contributed by atoms with Gasteiger partial charge in [0.15, 0.2) is 0 Å². The third-order valence-corrected chi connectivity index (χ3v) is 7.30. The van der Waals surface area contributed by atoms with Crippen molar-refractivity contribution in [2.24, 2.45) is 5.92 Å². The third-order valence-electron chi connectivity index (χ3n) is 5.87. The summed E-state index contributed by atoms with van der Waals surface area (Å²) >= 11 is 7.54. The minimum atomic E-state index is -0.738. The first kappa shape index (κ1) is 24.0. The summed E-state index contributed by atoms with van der Waals surface area (Å²) in [4.78, 5) is 36.4. The average molecular weight is 501 g/mol. The van der Waals surface area contributed by atoms with Crippen molar-refractivity contribution in [3.8, 4) is 5.75 Å². The standard InChI is InChI=1S/C25H25ClN2O5S/c26-20-2-1-3-21-19(20)14-22(34-21)24(30)28-13-12-27-23(29)15-4-8-17(9-5-15)33-18-10-6-16(7-11-18)25(31)32/h1-5,8-9,14,16,18H,6-7,10-13H2,(H,27,29)(H,28,30)(H,31,32)/t16-,18+. The molecule has 0 atom stereocenters. The molecule has 0 bridgehead atoms. The van der Waals surface area contributed by atoms with Crippen LogP contribution in [0, 0.1) is 5.92 Å². The van der Waals surface area contributed by atoms with Gasteiger partial charge in [0.05, 0.1) is 16.9 Å². The first-order valence-electron chi connectivity index (χ1n) is 11.1. The largest absolute Gasteiger partial charge is 0.490 e. The zero-order valence-electron chi connectivity index (χ0n) is 18.4. The molecule has 1 saturated carbocycles. The number of aliphatic carboxylic acids is 1. The molecule has 0 radical (unpaired) electrons. The molecular formula is C25H25ClN2O5S. The maximum Gasteiger partial charge on any atom is 0.306 e. The van der Waals surface area contributed by atoms with Gasteiger partial charge in [-0.25, -0.2) is 0 Å². The molecule has 1 aliphatic rings. The van der Waals surface area contributed by atoms with Crippen LogP contribution < -0.4 is 15.4 Å². The maximum absolute atomic E-state index is 12.4. The first-order valence-corrected chi connectivity index (χ1v) is 12.3. The van der Waals surface area contributed by atoms with Crippen molar-refractivity contribution < 1.29 is 24.2 Å². The van der Waals surface area contributed by atoms with E-state index in [4.69, 9.17) is 21.4 Å². The number of nitrogens with one attached hydrogen (secondary N) is 2. The lowest BCUT2D eigenvalue weighted by Gasteiger charge is -2.26. The number of carbonyl (C=O) groups is 3. The molecule has 2 amide bonds. The second kappa shape index (κ2) is 10.9. The van der Waals surface area contributed by atoms with Crippen LogP contribution in [0.15, 0.2) is 48.5 Å². The molecule has 3 aromatic rings. The Morgan fingerprint density at radius 1 is 0.971 bits per heavy atom. The molecule has 0 aliphatic heterocycles. The molecule has 7 nitrogen and oxygen atoms in total. The molecule has 2 aromatic carbocycles. The lowest BCUT2D eigenvalue weighted by Crippen LogP contribution is -2.34. The summed E-state index contributed by atoms with van der Waals surface area (Å²) in [7, 11) is 0. The molecule has 9 heteroatoms. The number of fused-ring (bicyclic) bond motifs is 1. The summed E-state index contributed by atoms with van der Waals surface area (Å²) in [6.45, 7) is 0.591. The molecule has 1 aliphatic carbocycles. The topological polar surface area (TPSA) is 105 Å². The summed E-state index contributed by atoms with van der Waals surface area (Å²) < 4.78 is 6.89. The average Bonchev–Trinajstić information content (AvgIpc) is 3.28. The van der Waals surface area contributed by atoms with Gasteiger partial charge in [-0.1, -0.05) is 17.7 Å². The minimum Gasteiger partial charge on any atom is -0.490 e. The number of carboxylic acids is 1. The van der Waals surface area contributed by atoms with Gasteiger partial charge < -0.3 is 20.5 Å². The second-order valence-corrected chi connectivity index (χ2v) is 9.72. The fraction of sp³-hybridized carbons (Fsp3) is 0.320. The molecule has 34 heavy (non-hydrogen) atoms. The predicted molar refractivity (Wildman–Crippen MR) is 132 cm³/mol. The van der Waals surface area contributed by atoms with Crippen molar-refractivity contribution in [1.82, 2.24) is 10.6 Å². The number of amides is 2. The zero-order valence-corrected chi connectivity index (χ0v) is 20.0. The van der Waals surface area contributed by atoms with E-state index in [1.807, 2.05) is 12.1 Å². The smallest absolute Gasteiger partial charge is 0.306 e. The number of hydrogen-bond acceptors (Lipinski definition) is 5. The van der Waals surface area contributed by atoms with E-state index in [2.05, 4.69) is 10.6 Å². The number of ether oxygens (including phenoxy) is 1. The highest BCUT2D eigenvalue weighted by atomic mass is 35.5. The Balaban J connectivity index is 1.20. The Morgan fingerprint density at radius 3 is 2.29 bits per heavy atom. The first-order chi connectivity index (χ1) is 16.4. The number of carboxylic acid groups (broad SMARTS) is 1. The maximum atomic E-state index is 12.4. The number of thiophene rings is 1. The van der Waals surface area contributed by atoms with E-state index in [1.165, 1.54) is 11.3 Å². The van der Waals surface area contributed by atoms with Crippen molar-refractivity contribution in [3.05, 3.63) is 64.0 Å². The highest BCUT2D eigenvalue weighted by Crippen LogP contribution is 2.31. The van der Waals surface area contributed by atoms with Crippen LogP contribution in [0.5, 0.6) is 5.75 Å². The van der Waals surface area contributed by atoms with E-state index >= 15 is 0 Å². The zero-order chi connectivity index (χ0) is 24.1. The number of hydrogen-bond donors (Lipinski definition) is 3. The van der Waals surface area contributed by atoms with Gasteiger partial charge in [-0.2, -0.15) is 0 Å². The monoisotopic (exact) mass is 500 g/mol. The van der Waals surface area contributed by atoms with Gasteiger partial charge >= 0.3 is 5.97 Å². The van der Waals surface area contributed by atoms with Crippen LogP contribution in [0.1, 0.15) is 45.7 Å². The molecule has 3 N–H and O–H groups in total. The molecule has 0 spiro atoms. The molecule has 1 heterocycles. The van der Waals surface area contributed by atoms with Crippen LogP contribution in [-0.2, 0) is 4.79 Å². The van der Waals surface area contributed by atoms with Crippen molar-refractivity contribution in [2.75, 3.05) is 13.1 Å². The van der Waals surface area contributed by atoms with Crippen molar-refractivity contribution in [3.63, 3.8) is 0 Å². The molecule has 0 saturated heterocycles. The van der Waals surface area contributed by atoms with Crippen LogP contribution in [-0.4, -0.2) is 42.1 Å². The molecule has 1 aromatic heterocycles. The Bertz CT molecular complexity index is 1190. The van der Waals surface area contributed by atoms with Gasteiger partial charge in [0, 0.05) is 33.8 Å². The lowest BCUT2D eigenvalue weighted by atomic mass is 9.87. The van der Waals surface area contributed by atoms with Crippen LogP contribution in [0.25, 0.3) is 10.1 Å². The number of rotatable bonds is 8. The molecular weight excluding hydrogens is 476 g/mol. The highest BCUT2D eigenvalue weighted by molar-refractivity contribution is 7.20. The molecule has 0 unspecified atom stereocenters. The Morgan fingerprint density at radius 2 is 1.65 bits per heavy atom. The number of carbonyl (C=O) groups excluding carboxylic acids is 2. The molecule has 178 valence electrons. The van der Waals surface area contributed by atoms with Crippen LogP contribution in [0.2, 0.25) is 5.02 Å². The molecule has 1 fully saturated rings. The van der Waals surface area contributed by atoms with E-state index in [1.54, 1.807) is 36.4 Å². The number of benzene rings is 2. The van der Waals surface area contributed by atoms with Crippen LogP contribution in [0.4, 0.5) is 0 Å².